The van der Waals surface area contributed by atoms with Crippen molar-refractivity contribution in [1.82, 2.24) is 0 Å². The van der Waals surface area contributed by atoms with Gasteiger partial charge in [0.25, 0.3) is 5.91 Å². The number of phenolic OH excluding ortho intramolecular Hbond substituents is 1. The second kappa shape index (κ2) is 8.67. The molecule has 3 aromatic carbocycles. The van der Waals surface area contributed by atoms with E-state index in [-0.39, 0.29) is 34.4 Å². The molecule has 0 heterocycles. The highest BCUT2D eigenvalue weighted by Crippen LogP contribution is 2.36. The molecule has 2 N–H and O–H groups in total. The van der Waals surface area contributed by atoms with Gasteiger partial charge >= 0.3 is 6.18 Å². The number of rotatable bonds is 5. The molecule has 0 aliphatic carbocycles. The Morgan fingerprint density at radius 1 is 1.07 bits per heavy atom. The Hall–Kier alpha value is -3.19. The van der Waals surface area contributed by atoms with Crippen LogP contribution in [0.1, 0.15) is 27.0 Å². The van der Waals surface area contributed by atoms with E-state index in [2.05, 4.69) is 5.32 Å². The molecule has 30 heavy (non-hydrogen) atoms. The number of alkyl halides is 3. The van der Waals surface area contributed by atoms with Gasteiger partial charge in [0.2, 0.25) is 0 Å². The molecule has 0 spiro atoms. The third-order valence-corrected chi connectivity index (χ3v) is 4.51. The molecule has 3 aromatic rings. The van der Waals surface area contributed by atoms with E-state index >= 15 is 0 Å². The largest absolute Gasteiger partial charge is 0.507 e. The van der Waals surface area contributed by atoms with E-state index in [1.165, 1.54) is 18.2 Å². The second-order valence-corrected chi connectivity index (χ2v) is 7.04. The van der Waals surface area contributed by atoms with E-state index in [9.17, 15) is 23.1 Å². The monoisotopic (exact) mass is 435 g/mol. The van der Waals surface area contributed by atoms with Gasteiger partial charge < -0.3 is 15.2 Å². The van der Waals surface area contributed by atoms with Crippen molar-refractivity contribution in [1.29, 1.82) is 0 Å². The first-order valence-corrected chi connectivity index (χ1v) is 9.21. The molecular formula is C22H17ClF3NO3. The molecule has 0 fully saturated rings. The fourth-order valence-corrected chi connectivity index (χ4v) is 2.83. The third-order valence-electron chi connectivity index (χ3n) is 4.27. The summed E-state index contributed by atoms with van der Waals surface area (Å²) in [5.74, 6) is -1.13. The van der Waals surface area contributed by atoms with Crippen LogP contribution in [-0.2, 0) is 12.8 Å². The van der Waals surface area contributed by atoms with Gasteiger partial charge in [-0.05, 0) is 48.9 Å². The Balaban J connectivity index is 1.90. The maximum Gasteiger partial charge on any atom is 0.416 e. The van der Waals surface area contributed by atoms with Gasteiger partial charge in [-0.25, -0.2) is 0 Å². The lowest BCUT2D eigenvalue weighted by molar-refractivity contribution is -0.137. The van der Waals surface area contributed by atoms with E-state index in [4.69, 9.17) is 16.3 Å². The first-order chi connectivity index (χ1) is 14.1. The average molecular weight is 436 g/mol. The molecule has 0 saturated carbocycles. The zero-order valence-corrected chi connectivity index (χ0v) is 16.5. The molecule has 4 nitrogen and oxygen atoms in total. The predicted molar refractivity (Wildman–Crippen MR) is 108 cm³/mol. The number of nitrogens with one attached hydrogen (secondary N) is 1. The van der Waals surface area contributed by atoms with Crippen molar-refractivity contribution >= 4 is 23.2 Å². The number of carbonyl (C=O) groups is 1. The minimum Gasteiger partial charge on any atom is -0.507 e. The van der Waals surface area contributed by atoms with Crippen molar-refractivity contribution in [2.24, 2.45) is 0 Å². The van der Waals surface area contributed by atoms with Gasteiger partial charge in [-0.15, -0.1) is 0 Å². The van der Waals surface area contributed by atoms with Gasteiger partial charge in [0.1, 0.15) is 18.1 Å². The molecule has 0 unspecified atom stereocenters. The molecule has 8 heteroatoms. The summed E-state index contributed by atoms with van der Waals surface area (Å²) in [6, 6.07) is 14.1. The Morgan fingerprint density at radius 2 is 1.77 bits per heavy atom. The molecule has 0 aliphatic rings. The van der Waals surface area contributed by atoms with Gasteiger partial charge in [-0.1, -0.05) is 41.4 Å². The van der Waals surface area contributed by atoms with Crippen LogP contribution in [-0.4, -0.2) is 11.0 Å². The lowest BCUT2D eigenvalue weighted by atomic mass is 10.1. The summed E-state index contributed by atoms with van der Waals surface area (Å²) in [5.41, 5.74) is 0.564. The summed E-state index contributed by atoms with van der Waals surface area (Å²) in [5, 5.41) is 12.4. The number of hydrogen-bond donors (Lipinski definition) is 2. The molecule has 0 atom stereocenters. The zero-order valence-electron chi connectivity index (χ0n) is 15.8. The normalized spacial score (nSPS) is 11.2. The summed E-state index contributed by atoms with van der Waals surface area (Å²) in [6.07, 6.45) is -4.60. The first-order valence-electron chi connectivity index (χ1n) is 8.83. The maximum absolute atomic E-state index is 13.2. The molecule has 0 radical (unpaired) electrons. The minimum absolute atomic E-state index is 0.0541. The molecule has 0 aliphatic heterocycles. The summed E-state index contributed by atoms with van der Waals surface area (Å²) in [7, 11) is 0. The number of aromatic hydroxyl groups is 1. The average Bonchev–Trinajstić information content (AvgIpc) is 2.69. The van der Waals surface area contributed by atoms with Gasteiger partial charge in [0, 0.05) is 5.02 Å². The van der Waals surface area contributed by atoms with Crippen LogP contribution in [0.4, 0.5) is 18.9 Å². The van der Waals surface area contributed by atoms with Crippen LogP contribution in [0.15, 0.2) is 60.7 Å². The van der Waals surface area contributed by atoms with Gasteiger partial charge in [0.05, 0.1) is 16.8 Å². The third kappa shape index (κ3) is 5.24. The van der Waals surface area contributed by atoms with E-state index in [1.807, 2.05) is 31.2 Å². The van der Waals surface area contributed by atoms with E-state index in [1.54, 1.807) is 0 Å². The number of amides is 1. The van der Waals surface area contributed by atoms with Crippen LogP contribution in [0, 0.1) is 6.92 Å². The van der Waals surface area contributed by atoms with Crippen molar-refractivity contribution in [2.45, 2.75) is 19.7 Å². The number of aryl methyl sites for hydroxylation is 1. The number of halogens is 4. The lowest BCUT2D eigenvalue weighted by Crippen LogP contribution is -2.15. The number of phenols is 1. The number of carbonyl (C=O) groups excluding carboxylic acids is 1. The molecule has 0 aromatic heterocycles. The molecule has 1 amide bonds. The van der Waals surface area contributed by atoms with Crippen molar-refractivity contribution in [3.63, 3.8) is 0 Å². The summed E-state index contributed by atoms with van der Waals surface area (Å²) in [6.45, 7) is 2.02. The van der Waals surface area contributed by atoms with E-state index < -0.39 is 17.6 Å². The Kier molecular flexibility index (Phi) is 6.22. The smallest absolute Gasteiger partial charge is 0.416 e. The van der Waals surface area contributed by atoms with Gasteiger partial charge in [-0.2, -0.15) is 13.2 Å². The van der Waals surface area contributed by atoms with E-state index in [0.29, 0.717) is 0 Å². The van der Waals surface area contributed by atoms with Gasteiger partial charge in [0.15, 0.2) is 0 Å². The summed E-state index contributed by atoms with van der Waals surface area (Å²) < 4.78 is 45.1. The predicted octanol–water partition coefficient (Wildman–Crippen LogP) is 6.20. The maximum atomic E-state index is 13.2. The standard InChI is InChI=1S/C22H17ClF3NO3/c1-13-2-4-14(5-3-13)12-30-20-9-6-15(22(24,25)26)10-18(20)27-21(29)17-11-16(23)7-8-19(17)28/h2-11,28H,12H2,1H3,(H,27,29). The van der Waals surface area contributed by atoms with Crippen LogP contribution in [0.2, 0.25) is 5.02 Å². The van der Waals surface area contributed by atoms with Crippen LogP contribution in [0.5, 0.6) is 11.5 Å². The molecule has 156 valence electrons. The van der Waals surface area contributed by atoms with Crippen molar-refractivity contribution in [2.75, 3.05) is 5.32 Å². The Morgan fingerprint density at radius 3 is 2.43 bits per heavy atom. The highest BCUT2D eigenvalue weighted by atomic mass is 35.5. The van der Waals surface area contributed by atoms with E-state index in [0.717, 1.165) is 29.3 Å². The summed E-state index contributed by atoms with van der Waals surface area (Å²) in [4.78, 5) is 12.5. The number of ether oxygens (including phenoxy) is 1. The van der Waals surface area contributed by atoms with Crippen LogP contribution >= 0.6 is 11.6 Å². The number of hydrogen-bond acceptors (Lipinski definition) is 3. The summed E-state index contributed by atoms with van der Waals surface area (Å²) >= 11 is 5.84. The van der Waals surface area contributed by atoms with Crippen LogP contribution in [0.25, 0.3) is 0 Å². The molecule has 0 bridgehead atoms. The molecule has 0 saturated heterocycles. The van der Waals surface area contributed by atoms with Crippen molar-refractivity contribution in [3.05, 3.63) is 87.9 Å². The lowest BCUT2D eigenvalue weighted by Gasteiger charge is -2.16. The number of benzene rings is 3. The Bertz CT molecular complexity index is 1070. The quantitative estimate of drug-likeness (QED) is 0.501. The zero-order chi connectivity index (χ0) is 21.9. The highest BCUT2D eigenvalue weighted by molar-refractivity contribution is 6.31. The second-order valence-electron chi connectivity index (χ2n) is 6.60. The molecule has 3 rings (SSSR count). The van der Waals surface area contributed by atoms with Crippen LogP contribution < -0.4 is 10.1 Å². The van der Waals surface area contributed by atoms with Crippen molar-refractivity contribution < 1.29 is 27.8 Å². The SMILES string of the molecule is Cc1ccc(COc2ccc(C(F)(F)F)cc2NC(=O)c2cc(Cl)ccc2O)cc1. The first kappa shape index (κ1) is 21.5. The topological polar surface area (TPSA) is 58.6 Å². The van der Waals surface area contributed by atoms with Crippen LogP contribution in [0.3, 0.4) is 0 Å². The van der Waals surface area contributed by atoms with Gasteiger partial charge in [-0.3, -0.25) is 4.79 Å². The molecular weight excluding hydrogens is 419 g/mol. The fraction of sp³-hybridized carbons (Fsp3) is 0.136. The number of anilines is 1. The minimum atomic E-state index is -4.60. The van der Waals surface area contributed by atoms with Crippen molar-refractivity contribution in [3.8, 4) is 11.5 Å². The Labute approximate surface area is 175 Å². The fourth-order valence-electron chi connectivity index (χ4n) is 2.66. The highest BCUT2D eigenvalue weighted by Gasteiger charge is 2.31.